The zero-order chi connectivity index (χ0) is 9.14. The molecule has 1 saturated heterocycles. The van der Waals surface area contributed by atoms with Crippen molar-refractivity contribution in [2.75, 3.05) is 40.3 Å². The first-order valence-corrected chi connectivity index (χ1v) is 4.33. The maximum Gasteiger partial charge on any atom is 0.0938 e. The van der Waals surface area contributed by atoms with E-state index in [9.17, 15) is 10.2 Å². The van der Waals surface area contributed by atoms with Crippen LogP contribution in [0.2, 0.25) is 0 Å². The molecule has 0 saturated carbocycles. The van der Waals surface area contributed by atoms with Gasteiger partial charge in [-0.1, -0.05) is 0 Å². The fourth-order valence-electron chi connectivity index (χ4n) is 1.37. The first-order valence-electron chi connectivity index (χ1n) is 4.33. The number of nitrogens with zero attached hydrogens (tertiary/aromatic N) is 2. The lowest BCUT2D eigenvalue weighted by molar-refractivity contribution is 0.0572. The van der Waals surface area contributed by atoms with Crippen LogP contribution >= 0.6 is 0 Å². The van der Waals surface area contributed by atoms with E-state index in [2.05, 4.69) is 9.80 Å². The van der Waals surface area contributed by atoms with Gasteiger partial charge in [-0.15, -0.1) is 0 Å². The zero-order valence-corrected chi connectivity index (χ0v) is 7.77. The van der Waals surface area contributed by atoms with E-state index in [4.69, 9.17) is 0 Å². The minimum Gasteiger partial charge on any atom is -0.389 e. The van der Waals surface area contributed by atoms with Crippen molar-refractivity contribution in [3.8, 4) is 0 Å². The third-order valence-electron chi connectivity index (χ3n) is 2.20. The van der Waals surface area contributed by atoms with Crippen molar-refractivity contribution in [1.29, 1.82) is 0 Å². The molecule has 72 valence electrons. The summed E-state index contributed by atoms with van der Waals surface area (Å²) in [4.78, 5) is 4.17. The summed E-state index contributed by atoms with van der Waals surface area (Å²) < 4.78 is 0. The lowest BCUT2D eigenvalue weighted by atomic mass is 10.3. The highest BCUT2D eigenvalue weighted by Crippen LogP contribution is 2.08. The monoisotopic (exact) mass is 174 g/mol. The predicted octanol–water partition coefficient (Wildman–Crippen LogP) is -1.41. The molecule has 0 aliphatic carbocycles. The molecule has 4 nitrogen and oxygen atoms in total. The summed E-state index contributed by atoms with van der Waals surface area (Å²) >= 11 is 0. The van der Waals surface area contributed by atoms with Gasteiger partial charge in [-0.3, -0.25) is 4.90 Å². The maximum atomic E-state index is 9.23. The molecule has 0 bridgehead atoms. The number of β-amino-alcohol motifs (C(OH)–C–C–N with tert-alkyl or cyclic N) is 2. The highest BCUT2D eigenvalue weighted by molar-refractivity contribution is 4.83. The minimum absolute atomic E-state index is 0.549. The number of aliphatic hydroxyl groups excluding tert-OH is 2. The first-order chi connectivity index (χ1) is 5.59. The van der Waals surface area contributed by atoms with E-state index < -0.39 is 12.2 Å². The van der Waals surface area contributed by atoms with Crippen molar-refractivity contribution < 1.29 is 10.2 Å². The first kappa shape index (κ1) is 9.92. The third-order valence-corrected chi connectivity index (χ3v) is 2.20. The predicted molar refractivity (Wildman–Crippen MR) is 47.0 cm³/mol. The van der Waals surface area contributed by atoms with Gasteiger partial charge >= 0.3 is 0 Å². The Hall–Kier alpha value is -0.160. The average molecular weight is 174 g/mol. The smallest absolute Gasteiger partial charge is 0.0938 e. The fraction of sp³-hybridized carbons (Fsp3) is 1.00. The molecule has 2 N–H and O–H groups in total. The second-order valence-corrected chi connectivity index (χ2v) is 3.70. The largest absolute Gasteiger partial charge is 0.389 e. The summed E-state index contributed by atoms with van der Waals surface area (Å²) in [6, 6.07) is 0. The average Bonchev–Trinajstić information content (AvgIpc) is 2.28. The number of likely N-dealkylation sites (tertiary alicyclic amines) is 1. The lowest BCUT2D eigenvalue weighted by Gasteiger charge is -2.17. The van der Waals surface area contributed by atoms with Crippen LogP contribution < -0.4 is 0 Å². The quantitative estimate of drug-likeness (QED) is 0.551. The Morgan fingerprint density at radius 3 is 2.17 bits per heavy atom. The van der Waals surface area contributed by atoms with E-state index in [0.717, 1.165) is 13.1 Å². The van der Waals surface area contributed by atoms with E-state index in [-0.39, 0.29) is 0 Å². The Labute approximate surface area is 73.4 Å². The maximum absolute atomic E-state index is 9.23. The second-order valence-electron chi connectivity index (χ2n) is 3.70. The van der Waals surface area contributed by atoms with Crippen molar-refractivity contribution in [2.24, 2.45) is 0 Å². The van der Waals surface area contributed by atoms with Crippen LogP contribution in [0.1, 0.15) is 0 Å². The molecule has 1 aliphatic heterocycles. The van der Waals surface area contributed by atoms with Crippen LogP contribution in [-0.2, 0) is 0 Å². The summed E-state index contributed by atoms with van der Waals surface area (Å²) in [5, 5.41) is 18.5. The molecule has 0 aromatic heterocycles. The van der Waals surface area contributed by atoms with Gasteiger partial charge in [-0.05, 0) is 14.1 Å². The molecule has 12 heavy (non-hydrogen) atoms. The summed E-state index contributed by atoms with van der Waals surface area (Å²) in [6.07, 6.45) is -1.10. The van der Waals surface area contributed by atoms with Crippen molar-refractivity contribution in [3.05, 3.63) is 0 Å². The number of hydrogen-bond acceptors (Lipinski definition) is 4. The molecule has 0 radical (unpaired) electrons. The van der Waals surface area contributed by atoms with Gasteiger partial charge in [-0.2, -0.15) is 0 Å². The van der Waals surface area contributed by atoms with Crippen molar-refractivity contribution >= 4 is 0 Å². The van der Waals surface area contributed by atoms with Gasteiger partial charge in [0.05, 0.1) is 12.2 Å². The van der Waals surface area contributed by atoms with Crippen LogP contribution in [0, 0.1) is 0 Å². The minimum atomic E-state index is -0.549. The molecular weight excluding hydrogens is 156 g/mol. The van der Waals surface area contributed by atoms with Crippen LogP contribution in [0.5, 0.6) is 0 Å². The summed E-state index contributed by atoms with van der Waals surface area (Å²) in [5.74, 6) is 0. The second kappa shape index (κ2) is 4.18. The van der Waals surface area contributed by atoms with E-state index in [1.165, 1.54) is 0 Å². The van der Waals surface area contributed by atoms with Crippen LogP contribution in [0.4, 0.5) is 0 Å². The topological polar surface area (TPSA) is 46.9 Å². The number of hydrogen-bond donors (Lipinski definition) is 2. The molecule has 1 aliphatic rings. The molecule has 0 spiro atoms. The molecule has 0 aromatic rings. The Kier molecular flexibility index (Phi) is 3.46. The standard InChI is InChI=1S/C8H18N2O2/c1-9(2)3-4-10-5-7(11)8(12)6-10/h7-8,11-12H,3-6H2,1-2H3. The number of likely N-dealkylation sites (N-methyl/N-ethyl adjacent to an activating group) is 1. The molecular formula is C8H18N2O2. The Balaban J connectivity index is 2.19. The molecule has 4 heteroatoms. The number of rotatable bonds is 3. The highest BCUT2D eigenvalue weighted by Gasteiger charge is 2.28. The van der Waals surface area contributed by atoms with Gasteiger partial charge in [0.15, 0.2) is 0 Å². The molecule has 1 heterocycles. The van der Waals surface area contributed by atoms with Gasteiger partial charge in [-0.25, -0.2) is 0 Å². The molecule has 0 aromatic carbocycles. The summed E-state index contributed by atoms with van der Waals surface area (Å²) in [5.41, 5.74) is 0. The molecule has 2 atom stereocenters. The third kappa shape index (κ3) is 2.71. The lowest BCUT2D eigenvalue weighted by Crippen LogP contribution is -2.30. The van der Waals surface area contributed by atoms with Crippen LogP contribution in [0.25, 0.3) is 0 Å². The van der Waals surface area contributed by atoms with Gasteiger partial charge in [0.1, 0.15) is 0 Å². The van der Waals surface area contributed by atoms with E-state index in [1.807, 2.05) is 14.1 Å². The normalized spacial score (nSPS) is 31.8. The van der Waals surface area contributed by atoms with E-state index in [1.54, 1.807) is 0 Å². The van der Waals surface area contributed by atoms with Crippen molar-refractivity contribution in [1.82, 2.24) is 9.80 Å². The van der Waals surface area contributed by atoms with Crippen LogP contribution in [-0.4, -0.2) is 72.5 Å². The van der Waals surface area contributed by atoms with Crippen molar-refractivity contribution in [3.63, 3.8) is 0 Å². The molecule has 2 unspecified atom stereocenters. The van der Waals surface area contributed by atoms with Crippen LogP contribution in [0.3, 0.4) is 0 Å². The fourth-order valence-corrected chi connectivity index (χ4v) is 1.37. The summed E-state index contributed by atoms with van der Waals surface area (Å²) in [7, 11) is 4.03. The Bertz CT molecular complexity index is 131. The highest BCUT2D eigenvalue weighted by atomic mass is 16.3. The van der Waals surface area contributed by atoms with E-state index in [0.29, 0.717) is 13.1 Å². The van der Waals surface area contributed by atoms with Gasteiger partial charge < -0.3 is 15.1 Å². The molecule has 0 amide bonds. The van der Waals surface area contributed by atoms with Crippen molar-refractivity contribution in [2.45, 2.75) is 12.2 Å². The van der Waals surface area contributed by atoms with Crippen LogP contribution in [0.15, 0.2) is 0 Å². The Morgan fingerprint density at radius 1 is 1.25 bits per heavy atom. The van der Waals surface area contributed by atoms with Gasteiger partial charge in [0.2, 0.25) is 0 Å². The summed E-state index contributed by atoms with van der Waals surface area (Å²) in [6.45, 7) is 3.10. The molecule has 1 fully saturated rings. The van der Waals surface area contributed by atoms with Gasteiger partial charge in [0, 0.05) is 26.2 Å². The zero-order valence-electron chi connectivity index (χ0n) is 7.77. The number of aliphatic hydroxyl groups is 2. The van der Waals surface area contributed by atoms with E-state index >= 15 is 0 Å². The molecule has 1 rings (SSSR count). The Morgan fingerprint density at radius 2 is 1.75 bits per heavy atom. The van der Waals surface area contributed by atoms with Gasteiger partial charge in [0.25, 0.3) is 0 Å². The SMILES string of the molecule is CN(C)CCN1CC(O)C(O)C1.